The van der Waals surface area contributed by atoms with Crippen LogP contribution in [0.15, 0.2) is 41.0 Å². The van der Waals surface area contributed by atoms with Crippen LogP contribution in [0.3, 0.4) is 0 Å². The van der Waals surface area contributed by atoms with E-state index in [1.807, 2.05) is 24.3 Å². The highest BCUT2D eigenvalue weighted by molar-refractivity contribution is 5.89. The fourth-order valence-electron chi connectivity index (χ4n) is 3.38. The number of furan rings is 1. The molecular formula is C19H20N2O5. The molecule has 0 bridgehead atoms. The van der Waals surface area contributed by atoms with Gasteiger partial charge in [0.15, 0.2) is 11.5 Å². The monoisotopic (exact) mass is 356 g/mol. The fourth-order valence-corrected chi connectivity index (χ4v) is 3.38. The van der Waals surface area contributed by atoms with Crippen molar-refractivity contribution < 1.29 is 23.5 Å². The molecule has 1 aromatic heterocycles. The summed E-state index contributed by atoms with van der Waals surface area (Å²) < 4.78 is 16.0. The molecule has 1 saturated heterocycles. The van der Waals surface area contributed by atoms with Gasteiger partial charge in [-0.25, -0.2) is 0 Å². The molecule has 1 atom stereocenters. The molecule has 2 aliphatic heterocycles. The molecule has 0 saturated carbocycles. The molecule has 4 rings (SSSR count). The number of hydrogen-bond acceptors (Lipinski definition) is 5. The minimum atomic E-state index is -0.323. The predicted octanol–water partition coefficient (Wildman–Crippen LogP) is 2.02. The maximum atomic E-state index is 12.7. The second-order valence-electron chi connectivity index (χ2n) is 6.64. The van der Waals surface area contributed by atoms with Gasteiger partial charge in [0.25, 0.3) is 0 Å². The predicted molar refractivity (Wildman–Crippen MR) is 91.3 cm³/mol. The Morgan fingerprint density at radius 2 is 2.12 bits per heavy atom. The van der Waals surface area contributed by atoms with Gasteiger partial charge in [0.1, 0.15) is 5.76 Å². The van der Waals surface area contributed by atoms with E-state index in [2.05, 4.69) is 0 Å². The van der Waals surface area contributed by atoms with Crippen LogP contribution in [-0.2, 0) is 22.7 Å². The van der Waals surface area contributed by atoms with Gasteiger partial charge in [0.05, 0.1) is 18.7 Å². The van der Waals surface area contributed by atoms with Crippen molar-refractivity contribution in [3.05, 3.63) is 47.9 Å². The molecule has 1 fully saturated rings. The summed E-state index contributed by atoms with van der Waals surface area (Å²) in [7, 11) is 1.76. The smallest absolute Gasteiger partial charge is 0.231 e. The van der Waals surface area contributed by atoms with Crippen molar-refractivity contribution >= 4 is 11.8 Å². The second kappa shape index (κ2) is 6.74. The van der Waals surface area contributed by atoms with E-state index in [4.69, 9.17) is 13.9 Å². The number of hydrogen-bond donors (Lipinski definition) is 0. The van der Waals surface area contributed by atoms with Crippen molar-refractivity contribution in [2.75, 3.05) is 20.4 Å². The molecule has 26 heavy (non-hydrogen) atoms. The molecular weight excluding hydrogens is 336 g/mol. The minimum absolute atomic E-state index is 0.0174. The SMILES string of the molecule is CN(Cc1ccc2c(c1)OCO2)C(=O)[C@H]1CC(=O)N(Cc2ccco2)C1. The van der Waals surface area contributed by atoms with Crippen molar-refractivity contribution in [3.8, 4) is 11.5 Å². The summed E-state index contributed by atoms with van der Waals surface area (Å²) in [5, 5.41) is 0. The fraction of sp³-hybridized carbons (Fsp3) is 0.368. The number of benzene rings is 1. The van der Waals surface area contributed by atoms with Gasteiger partial charge >= 0.3 is 0 Å². The zero-order valence-corrected chi connectivity index (χ0v) is 14.5. The van der Waals surface area contributed by atoms with Gasteiger partial charge in [-0.15, -0.1) is 0 Å². The zero-order chi connectivity index (χ0) is 18.1. The first-order chi connectivity index (χ1) is 12.6. The second-order valence-corrected chi connectivity index (χ2v) is 6.64. The zero-order valence-electron chi connectivity index (χ0n) is 14.5. The third-order valence-electron chi connectivity index (χ3n) is 4.72. The van der Waals surface area contributed by atoms with E-state index in [1.54, 1.807) is 29.2 Å². The van der Waals surface area contributed by atoms with Gasteiger partial charge in [0.2, 0.25) is 18.6 Å². The Morgan fingerprint density at radius 1 is 1.27 bits per heavy atom. The van der Waals surface area contributed by atoms with Crippen LogP contribution in [0.2, 0.25) is 0 Å². The van der Waals surface area contributed by atoms with Gasteiger partial charge in [-0.05, 0) is 29.8 Å². The van der Waals surface area contributed by atoms with Gasteiger partial charge in [0, 0.05) is 26.6 Å². The van der Waals surface area contributed by atoms with E-state index in [1.165, 1.54) is 0 Å². The topological polar surface area (TPSA) is 72.2 Å². The molecule has 7 heteroatoms. The lowest BCUT2D eigenvalue weighted by Crippen LogP contribution is -2.34. The Kier molecular flexibility index (Phi) is 4.28. The van der Waals surface area contributed by atoms with Crippen LogP contribution in [0.4, 0.5) is 0 Å². The summed E-state index contributed by atoms with van der Waals surface area (Å²) in [5.74, 6) is 1.77. The van der Waals surface area contributed by atoms with E-state index in [0.29, 0.717) is 25.4 Å². The lowest BCUT2D eigenvalue weighted by atomic mass is 10.1. The number of carbonyl (C=O) groups excluding carboxylic acids is 2. The highest BCUT2D eigenvalue weighted by atomic mass is 16.7. The molecule has 2 amide bonds. The van der Waals surface area contributed by atoms with Gasteiger partial charge in [-0.1, -0.05) is 6.07 Å². The largest absolute Gasteiger partial charge is 0.467 e. The van der Waals surface area contributed by atoms with Crippen LogP contribution in [0.1, 0.15) is 17.7 Å². The maximum absolute atomic E-state index is 12.7. The molecule has 0 spiro atoms. The van der Waals surface area contributed by atoms with Crippen LogP contribution in [-0.4, -0.2) is 42.0 Å². The third kappa shape index (κ3) is 3.24. The summed E-state index contributed by atoms with van der Waals surface area (Å²) in [5.41, 5.74) is 0.960. The number of likely N-dealkylation sites (tertiary alicyclic amines) is 1. The van der Waals surface area contributed by atoms with Gasteiger partial charge in [-0.2, -0.15) is 0 Å². The number of nitrogens with zero attached hydrogens (tertiary/aromatic N) is 2. The van der Waals surface area contributed by atoms with Crippen LogP contribution in [0.25, 0.3) is 0 Å². The number of ether oxygens (including phenoxy) is 2. The van der Waals surface area contributed by atoms with E-state index < -0.39 is 0 Å². The quantitative estimate of drug-likeness (QED) is 0.820. The van der Waals surface area contributed by atoms with Gasteiger partial charge in [-0.3, -0.25) is 9.59 Å². The Morgan fingerprint density at radius 3 is 2.92 bits per heavy atom. The summed E-state index contributed by atoms with van der Waals surface area (Å²) in [6, 6.07) is 9.27. The van der Waals surface area contributed by atoms with Gasteiger partial charge < -0.3 is 23.7 Å². The molecule has 0 aliphatic carbocycles. The molecule has 7 nitrogen and oxygen atoms in total. The molecule has 136 valence electrons. The summed E-state index contributed by atoms with van der Waals surface area (Å²) >= 11 is 0. The summed E-state index contributed by atoms with van der Waals surface area (Å²) in [6.07, 6.45) is 1.82. The molecule has 1 aromatic carbocycles. The van der Waals surface area contributed by atoms with Crippen LogP contribution >= 0.6 is 0 Å². The summed E-state index contributed by atoms with van der Waals surface area (Å²) in [4.78, 5) is 28.3. The molecule has 2 aromatic rings. The van der Waals surface area contributed by atoms with E-state index >= 15 is 0 Å². The van der Waals surface area contributed by atoms with E-state index in [9.17, 15) is 9.59 Å². The average Bonchev–Trinajstić information content (AvgIpc) is 3.36. The van der Waals surface area contributed by atoms with Crippen molar-refractivity contribution in [2.24, 2.45) is 5.92 Å². The Balaban J connectivity index is 1.37. The molecule has 0 unspecified atom stereocenters. The number of carbonyl (C=O) groups is 2. The lowest BCUT2D eigenvalue weighted by molar-refractivity contribution is -0.135. The first-order valence-electron chi connectivity index (χ1n) is 8.54. The number of fused-ring (bicyclic) bond motifs is 1. The molecule has 0 radical (unpaired) electrons. The van der Waals surface area contributed by atoms with Crippen molar-refractivity contribution in [1.82, 2.24) is 9.80 Å². The van der Waals surface area contributed by atoms with Crippen molar-refractivity contribution in [1.29, 1.82) is 0 Å². The van der Waals surface area contributed by atoms with Crippen molar-refractivity contribution in [3.63, 3.8) is 0 Å². The van der Waals surface area contributed by atoms with Crippen LogP contribution in [0.5, 0.6) is 11.5 Å². The first kappa shape index (κ1) is 16.5. The molecule has 2 aliphatic rings. The standard InChI is InChI=1S/C19H20N2O5/c1-20(9-13-4-5-16-17(7-13)26-12-25-16)19(23)14-8-18(22)21(10-14)11-15-3-2-6-24-15/h2-7,14H,8-12H2,1H3/t14-/m0/s1. The average molecular weight is 356 g/mol. The highest BCUT2D eigenvalue weighted by Gasteiger charge is 2.36. The number of rotatable bonds is 5. The Hall–Kier alpha value is -2.96. The van der Waals surface area contributed by atoms with Crippen molar-refractivity contribution in [2.45, 2.75) is 19.5 Å². The maximum Gasteiger partial charge on any atom is 0.231 e. The Bertz CT molecular complexity index is 817. The lowest BCUT2D eigenvalue weighted by Gasteiger charge is -2.21. The van der Waals surface area contributed by atoms with Crippen LogP contribution < -0.4 is 9.47 Å². The van der Waals surface area contributed by atoms with Crippen LogP contribution in [0, 0.1) is 5.92 Å². The minimum Gasteiger partial charge on any atom is -0.467 e. The highest BCUT2D eigenvalue weighted by Crippen LogP contribution is 2.33. The Labute approximate surface area is 151 Å². The van der Waals surface area contributed by atoms with E-state index in [0.717, 1.165) is 17.1 Å². The molecule has 0 N–H and O–H groups in total. The van der Waals surface area contributed by atoms with E-state index in [-0.39, 0.29) is 30.9 Å². The normalized spacial score (nSPS) is 18.4. The molecule has 3 heterocycles. The first-order valence-corrected chi connectivity index (χ1v) is 8.54. The third-order valence-corrected chi connectivity index (χ3v) is 4.72. The number of amides is 2. The summed E-state index contributed by atoms with van der Waals surface area (Å²) in [6.45, 7) is 1.51.